The monoisotopic (exact) mass is 312 g/mol. The van der Waals surface area contributed by atoms with Gasteiger partial charge in [0.25, 0.3) is 0 Å². The molecule has 1 N–H and O–H groups in total. The molecule has 0 aliphatic rings. The molecule has 0 radical (unpaired) electrons. The molecule has 0 fully saturated rings. The molecule has 1 unspecified atom stereocenters. The lowest BCUT2D eigenvalue weighted by atomic mass is 10.1. The molecule has 122 valence electrons. The number of carboxylic acids is 1. The predicted octanol–water partition coefficient (Wildman–Crippen LogP) is 0.295. The van der Waals surface area contributed by atoms with Gasteiger partial charge in [-0.3, -0.25) is 4.79 Å². The van der Waals surface area contributed by atoms with Gasteiger partial charge in [0, 0.05) is 5.97 Å². The van der Waals surface area contributed by atoms with E-state index in [4.69, 9.17) is 4.74 Å². The largest absolute Gasteiger partial charge is 0.550 e. The smallest absolute Gasteiger partial charge is 0.471 e. The molecule has 0 bridgehead atoms. The van der Waals surface area contributed by atoms with E-state index < -0.39 is 49.0 Å². The summed E-state index contributed by atoms with van der Waals surface area (Å²) in [6.07, 6.45) is -6.00. The van der Waals surface area contributed by atoms with Crippen LogP contribution in [-0.4, -0.2) is 36.2 Å². The second-order valence-corrected chi connectivity index (χ2v) is 4.31. The molecular weight excluding hydrogens is 295 g/mol. The van der Waals surface area contributed by atoms with Crippen LogP contribution in [0.25, 0.3) is 0 Å². The third kappa shape index (κ3) is 7.52. The molecule has 21 heavy (non-hydrogen) atoms. The fraction of sp³-hybridized carbons (Fsp3) is 0.750. The van der Waals surface area contributed by atoms with Crippen LogP contribution in [0.3, 0.4) is 0 Å². The van der Waals surface area contributed by atoms with Crippen LogP contribution in [0.15, 0.2) is 0 Å². The van der Waals surface area contributed by atoms with Crippen LogP contribution in [0.4, 0.5) is 13.2 Å². The van der Waals surface area contributed by atoms with E-state index in [9.17, 15) is 32.7 Å². The predicted molar refractivity (Wildman–Crippen MR) is 62.7 cm³/mol. The molecule has 0 aromatic carbocycles. The van der Waals surface area contributed by atoms with E-state index in [1.807, 2.05) is 0 Å². The quantitative estimate of drug-likeness (QED) is 0.650. The molecule has 0 aromatic rings. The van der Waals surface area contributed by atoms with Gasteiger partial charge in [0.2, 0.25) is 0 Å². The fourth-order valence-electron chi connectivity index (χ4n) is 1.45. The van der Waals surface area contributed by atoms with Crippen LogP contribution < -0.4 is 10.4 Å². The number of hydrogen-bond donors (Lipinski definition) is 1. The van der Waals surface area contributed by atoms with Crippen molar-refractivity contribution in [1.29, 1.82) is 0 Å². The first-order valence-corrected chi connectivity index (χ1v) is 6.39. The van der Waals surface area contributed by atoms with Crippen molar-refractivity contribution in [2.24, 2.45) is 0 Å². The van der Waals surface area contributed by atoms with Crippen molar-refractivity contribution in [2.75, 3.05) is 0 Å². The number of alkyl halides is 3. The summed E-state index contributed by atoms with van der Waals surface area (Å²) in [5.41, 5.74) is 0. The molecule has 0 saturated heterocycles. The molecule has 0 aliphatic heterocycles. The molecule has 0 heterocycles. The summed E-state index contributed by atoms with van der Waals surface area (Å²) < 4.78 is 41.4. The van der Waals surface area contributed by atoms with Crippen molar-refractivity contribution in [1.82, 2.24) is 5.32 Å². The van der Waals surface area contributed by atoms with Gasteiger partial charge >= 0.3 is 18.1 Å². The Morgan fingerprint density at radius 1 is 1.19 bits per heavy atom. The van der Waals surface area contributed by atoms with Gasteiger partial charge in [0.1, 0.15) is 12.1 Å². The maximum atomic E-state index is 12.2. The van der Waals surface area contributed by atoms with Gasteiger partial charge in [-0.1, -0.05) is 13.8 Å². The van der Waals surface area contributed by atoms with Crippen LogP contribution in [0.5, 0.6) is 0 Å². The molecule has 9 heteroatoms. The van der Waals surface area contributed by atoms with E-state index in [1.165, 1.54) is 5.32 Å². The summed E-state index contributed by atoms with van der Waals surface area (Å²) in [6, 6.07) is -1.68. The first-order chi connectivity index (χ1) is 9.61. The molecule has 6 nitrogen and oxygen atoms in total. The average Bonchev–Trinajstić information content (AvgIpc) is 2.38. The normalized spacial score (nSPS) is 12.9. The van der Waals surface area contributed by atoms with E-state index >= 15 is 0 Å². The van der Waals surface area contributed by atoms with Gasteiger partial charge in [-0.05, 0) is 25.7 Å². The highest BCUT2D eigenvalue weighted by atomic mass is 19.4. The van der Waals surface area contributed by atoms with Crippen LogP contribution in [-0.2, 0) is 19.1 Å². The minimum absolute atomic E-state index is 0.447. The Hall–Kier alpha value is -1.80. The summed E-state index contributed by atoms with van der Waals surface area (Å²) in [7, 11) is 0. The van der Waals surface area contributed by atoms with Crippen molar-refractivity contribution >= 4 is 17.8 Å². The Bertz CT molecular complexity index is 380. The first kappa shape index (κ1) is 19.2. The minimum Gasteiger partial charge on any atom is -0.550 e. The number of carbonyl (C=O) groups excluding carboxylic acids is 3. The van der Waals surface area contributed by atoms with Crippen molar-refractivity contribution in [3.8, 4) is 0 Å². The number of esters is 1. The van der Waals surface area contributed by atoms with E-state index in [1.54, 1.807) is 13.8 Å². The van der Waals surface area contributed by atoms with Gasteiger partial charge in [0.15, 0.2) is 0 Å². The number of halogens is 3. The Balaban J connectivity index is 4.83. The maximum Gasteiger partial charge on any atom is 0.471 e. The molecule has 0 aliphatic carbocycles. The molecule has 0 saturated carbocycles. The number of hydrogen-bond acceptors (Lipinski definition) is 5. The molecule has 0 aromatic heterocycles. The van der Waals surface area contributed by atoms with E-state index in [2.05, 4.69) is 0 Å². The summed E-state index contributed by atoms with van der Waals surface area (Å²) in [4.78, 5) is 32.9. The zero-order valence-corrected chi connectivity index (χ0v) is 11.7. The highest BCUT2D eigenvalue weighted by Gasteiger charge is 2.41. The van der Waals surface area contributed by atoms with Crippen LogP contribution in [0.1, 0.15) is 39.5 Å². The van der Waals surface area contributed by atoms with Crippen molar-refractivity contribution in [3.05, 3.63) is 0 Å². The molecule has 1 atom stereocenters. The van der Waals surface area contributed by atoms with E-state index in [-0.39, 0.29) is 0 Å². The van der Waals surface area contributed by atoms with Crippen LogP contribution in [0, 0.1) is 0 Å². The lowest BCUT2D eigenvalue weighted by Gasteiger charge is -2.21. The topological polar surface area (TPSA) is 95.5 Å². The summed E-state index contributed by atoms with van der Waals surface area (Å²) in [5, 5.41) is 11.8. The lowest BCUT2D eigenvalue weighted by molar-refractivity contribution is -0.305. The Labute approximate surface area is 119 Å². The summed E-state index contributed by atoms with van der Waals surface area (Å²) in [6.45, 7) is 3.43. The third-order valence-electron chi connectivity index (χ3n) is 2.68. The van der Waals surface area contributed by atoms with E-state index in [0.29, 0.717) is 12.8 Å². The van der Waals surface area contributed by atoms with Gasteiger partial charge < -0.3 is 20.0 Å². The Morgan fingerprint density at radius 3 is 2.10 bits per heavy atom. The standard InChI is InChI=1S/C12H18F3NO5/c1-3-7(4-2)21-10(19)8(5-6-9(17)18)16-11(20)12(13,14)15/h7-8H,3-6H2,1-2H3,(H,16,20)(H,17,18)/p-1. The van der Waals surface area contributed by atoms with Gasteiger partial charge in [-0.15, -0.1) is 0 Å². The number of carbonyl (C=O) groups is 3. The number of nitrogens with one attached hydrogen (secondary N) is 1. The maximum absolute atomic E-state index is 12.2. The van der Waals surface area contributed by atoms with Crippen molar-refractivity contribution in [3.63, 3.8) is 0 Å². The van der Waals surface area contributed by atoms with E-state index in [0.717, 1.165) is 0 Å². The number of ether oxygens (including phenoxy) is 1. The van der Waals surface area contributed by atoms with Crippen molar-refractivity contribution in [2.45, 2.75) is 57.9 Å². The van der Waals surface area contributed by atoms with Gasteiger partial charge in [-0.2, -0.15) is 13.2 Å². The minimum atomic E-state index is -5.17. The molecule has 0 spiro atoms. The highest BCUT2D eigenvalue weighted by Crippen LogP contribution is 2.16. The second kappa shape index (κ2) is 8.48. The molecule has 1 amide bonds. The lowest BCUT2D eigenvalue weighted by Crippen LogP contribution is -2.48. The van der Waals surface area contributed by atoms with Gasteiger partial charge in [0.05, 0.1) is 0 Å². The fourth-order valence-corrected chi connectivity index (χ4v) is 1.45. The number of carboxylic acid groups (broad SMARTS) is 1. The average molecular weight is 312 g/mol. The van der Waals surface area contributed by atoms with Crippen molar-refractivity contribution < 1.29 is 37.4 Å². The summed E-state index contributed by atoms with van der Waals surface area (Å²) >= 11 is 0. The first-order valence-electron chi connectivity index (χ1n) is 6.39. The zero-order chi connectivity index (χ0) is 16.6. The number of amides is 1. The second-order valence-electron chi connectivity index (χ2n) is 4.31. The third-order valence-corrected chi connectivity index (χ3v) is 2.68. The zero-order valence-electron chi connectivity index (χ0n) is 11.7. The molecular formula is C12H17F3NO5-. The number of rotatable bonds is 8. The Morgan fingerprint density at radius 2 is 1.71 bits per heavy atom. The van der Waals surface area contributed by atoms with Gasteiger partial charge in [-0.25, -0.2) is 4.79 Å². The van der Waals surface area contributed by atoms with Crippen LogP contribution in [0.2, 0.25) is 0 Å². The summed E-state index contributed by atoms with van der Waals surface area (Å²) in [5.74, 6) is -4.97. The highest BCUT2D eigenvalue weighted by molar-refractivity contribution is 5.87. The SMILES string of the molecule is CCC(CC)OC(=O)C(CCC(=O)[O-])NC(=O)C(F)(F)F. The molecule has 0 rings (SSSR count). The van der Waals surface area contributed by atoms with Crippen LogP contribution >= 0.6 is 0 Å². The number of aliphatic carboxylic acids is 1. The Kier molecular flexibility index (Phi) is 7.75.